The molecule has 5 rings (SSSR count). The third-order valence-corrected chi connectivity index (χ3v) is 7.74. The molecule has 3 aromatic rings. The topological polar surface area (TPSA) is 78.9 Å². The minimum atomic E-state index is -5.08. The number of nitrogens with zero attached hydrogens (tertiary/aromatic N) is 1. The zero-order valence-electron chi connectivity index (χ0n) is 22.7. The Morgan fingerprint density at radius 3 is 1.80 bits per heavy atom. The van der Waals surface area contributed by atoms with E-state index in [1.807, 2.05) is 36.4 Å². The predicted octanol–water partition coefficient (Wildman–Crippen LogP) is 5.81. The molecule has 1 saturated heterocycles. The summed E-state index contributed by atoms with van der Waals surface area (Å²) in [7, 11) is 0. The zero-order chi connectivity index (χ0) is 29.2. The van der Waals surface area contributed by atoms with Gasteiger partial charge in [-0.1, -0.05) is 91.0 Å². The number of hydrogen-bond acceptors (Lipinski definition) is 4. The van der Waals surface area contributed by atoms with Crippen molar-refractivity contribution < 1.29 is 32.6 Å². The Morgan fingerprint density at radius 1 is 0.829 bits per heavy atom. The lowest BCUT2D eigenvalue weighted by molar-refractivity contribution is -0.192. The molecule has 1 amide bonds. The molecular weight excluding hydrogens is 533 g/mol. The lowest BCUT2D eigenvalue weighted by Crippen LogP contribution is -2.48. The summed E-state index contributed by atoms with van der Waals surface area (Å²) < 4.78 is 37.3. The van der Waals surface area contributed by atoms with Crippen LogP contribution in [0.4, 0.5) is 13.2 Å². The predicted molar refractivity (Wildman–Crippen MR) is 149 cm³/mol. The first kappa shape index (κ1) is 30.3. The van der Waals surface area contributed by atoms with E-state index in [9.17, 15) is 18.0 Å². The number of aliphatic carboxylic acids is 1. The van der Waals surface area contributed by atoms with Gasteiger partial charge in [0.25, 0.3) is 0 Å². The number of carbonyl (C=O) groups excluding carboxylic acids is 1. The number of ether oxygens (including phenoxy) is 1. The van der Waals surface area contributed by atoms with Gasteiger partial charge in [0.1, 0.15) is 0 Å². The minimum Gasteiger partial charge on any atom is -0.475 e. The van der Waals surface area contributed by atoms with Crippen LogP contribution in [0.5, 0.6) is 0 Å². The van der Waals surface area contributed by atoms with E-state index in [0.29, 0.717) is 6.04 Å². The molecule has 3 atom stereocenters. The van der Waals surface area contributed by atoms with Crippen LogP contribution in [0.3, 0.4) is 0 Å². The summed E-state index contributed by atoms with van der Waals surface area (Å²) in [4.78, 5) is 25.3. The molecule has 1 aliphatic heterocycles. The van der Waals surface area contributed by atoms with Crippen LogP contribution in [-0.4, -0.2) is 60.4 Å². The first-order valence-electron chi connectivity index (χ1n) is 13.8. The van der Waals surface area contributed by atoms with Crippen LogP contribution in [0.25, 0.3) is 0 Å². The number of morpholine rings is 1. The van der Waals surface area contributed by atoms with E-state index in [1.54, 1.807) is 0 Å². The van der Waals surface area contributed by atoms with Crippen LogP contribution in [-0.2, 0) is 14.3 Å². The molecule has 0 bridgehead atoms. The number of nitrogens with one attached hydrogen (secondary N) is 1. The molecule has 9 heteroatoms. The Labute approximate surface area is 238 Å². The molecule has 2 N–H and O–H groups in total. The van der Waals surface area contributed by atoms with Gasteiger partial charge in [-0.15, -0.1) is 0 Å². The average Bonchev–Trinajstić information content (AvgIpc) is 3.01. The van der Waals surface area contributed by atoms with E-state index in [2.05, 4.69) is 64.8 Å². The third-order valence-electron chi connectivity index (χ3n) is 7.74. The van der Waals surface area contributed by atoms with E-state index in [-0.39, 0.29) is 23.8 Å². The fourth-order valence-corrected chi connectivity index (χ4v) is 5.70. The summed E-state index contributed by atoms with van der Waals surface area (Å²) in [6, 6.07) is 31.6. The molecule has 0 aromatic heterocycles. The molecule has 3 aromatic carbocycles. The highest BCUT2D eigenvalue weighted by atomic mass is 19.4. The van der Waals surface area contributed by atoms with Crippen LogP contribution in [0.15, 0.2) is 91.0 Å². The largest absolute Gasteiger partial charge is 0.490 e. The molecule has 2 aliphatic rings. The van der Waals surface area contributed by atoms with E-state index in [1.165, 1.54) is 5.56 Å². The van der Waals surface area contributed by atoms with Crippen LogP contribution in [0.1, 0.15) is 47.9 Å². The highest BCUT2D eigenvalue weighted by Crippen LogP contribution is 2.40. The number of alkyl halides is 3. The van der Waals surface area contributed by atoms with Crippen LogP contribution < -0.4 is 5.32 Å². The summed E-state index contributed by atoms with van der Waals surface area (Å²) in [6.07, 6.45) is -2.10. The number of carboxylic acids is 1. The Balaban J connectivity index is 0.000000493. The SMILES string of the molecule is O=C(NC(c1ccccc1)c1ccccc1)[C@@H]1CC[C@@H](N2CCOCC2)C[C@H]1c1ccccc1.O=C(O)C(F)(F)F. The second kappa shape index (κ2) is 14.3. The highest BCUT2D eigenvalue weighted by molar-refractivity contribution is 5.81. The number of halogens is 3. The summed E-state index contributed by atoms with van der Waals surface area (Å²) >= 11 is 0. The molecule has 0 radical (unpaired) electrons. The Hall–Kier alpha value is -3.69. The molecule has 1 aliphatic carbocycles. The number of hydrogen-bond donors (Lipinski definition) is 2. The van der Waals surface area contributed by atoms with E-state index in [4.69, 9.17) is 14.6 Å². The second-order valence-corrected chi connectivity index (χ2v) is 10.3. The van der Waals surface area contributed by atoms with Crippen molar-refractivity contribution in [2.45, 2.75) is 43.4 Å². The molecule has 0 unspecified atom stereocenters. The summed E-state index contributed by atoms with van der Waals surface area (Å²) in [5.74, 6) is -2.41. The van der Waals surface area contributed by atoms with Crippen molar-refractivity contribution in [2.24, 2.45) is 5.92 Å². The summed E-state index contributed by atoms with van der Waals surface area (Å²) in [5, 5.41) is 10.6. The molecule has 1 heterocycles. The quantitative estimate of drug-likeness (QED) is 0.393. The van der Waals surface area contributed by atoms with Crippen molar-refractivity contribution in [3.63, 3.8) is 0 Å². The molecule has 41 heavy (non-hydrogen) atoms. The van der Waals surface area contributed by atoms with Crippen LogP contribution in [0.2, 0.25) is 0 Å². The first-order chi connectivity index (χ1) is 19.7. The molecule has 2 fully saturated rings. The zero-order valence-corrected chi connectivity index (χ0v) is 22.7. The Morgan fingerprint density at radius 2 is 1.32 bits per heavy atom. The van der Waals surface area contributed by atoms with Gasteiger partial charge in [-0.2, -0.15) is 13.2 Å². The van der Waals surface area contributed by atoms with Gasteiger partial charge in [0.15, 0.2) is 0 Å². The van der Waals surface area contributed by atoms with E-state index in [0.717, 1.165) is 56.7 Å². The lowest BCUT2D eigenvalue weighted by atomic mass is 9.72. The van der Waals surface area contributed by atoms with E-state index < -0.39 is 12.1 Å². The molecular formula is C32H35F3N2O4. The molecule has 218 valence electrons. The number of benzene rings is 3. The van der Waals surface area contributed by atoms with Crippen LogP contribution >= 0.6 is 0 Å². The third kappa shape index (κ3) is 8.41. The number of amides is 1. The fourth-order valence-electron chi connectivity index (χ4n) is 5.70. The van der Waals surface area contributed by atoms with Gasteiger partial charge < -0.3 is 15.2 Å². The van der Waals surface area contributed by atoms with Gasteiger partial charge >= 0.3 is 12.1 Å². The minimum absolute atomic E-state index is 0.0328. The smallest absolute Gasteiger partial charge is 0.475 e. The monoisotopic (exact) mass is 568 g/mol. The van der Waals surface area contributed by atoms with E-state index >= 15 is 0 Å². The van der Waals surface area contributed by atoms with Gasteiger partial charge in [0, 0.05) is 25.0 Å². The van der Waals surface area contributed by atoms with Gasteiger partial charge in [-0.05, 0) is 41.9 Å². The molecule has 0 spiro atoms. The second-order valence-electron chi connectivity index (χ2n) is 10.3. The van der Waals surface area contributed by atoms with Gasteiger partial charge in [0.05, 0.1) is 19.3 Å². The fraction of sp³-hybridized carbons (Fsp3) is 0.375. The standard InChI is InChI=1S/C30H34N2O2.C2HF3O2/c33-30(31-29(24-12-6-2-7-13-24)25-14-8-3-9-15-25)27-17-16-26(32-18-20-34-21-19-32)22-28(27)23-10-4-1-5-11-23;3-2(4,5)1(6)7/h1-15,26-29H,16-22H2,(H,31,33);(H,6,7)/t26-,27-,28+;/m1./s1. The summed E-state index contributed by atoms with van der Waals surface area (Å²) in [6.45, 7) is 3.61. The lowest BCUT2D eigenvalue weighted by Gasteiger charge is -2.42. The maximum atomic E-state index is 13.9. The van der Waals surface area contributed by atoms with Gasteiger partial charge in [-0.25, -0.2) is 4.79 Å². The van der Waals surface area contributed by atoms with Crippen molar-refractivity contribution in [3.8, 4) is 0 Å². The maximum Gasteiger partial charge on any atom is 0.490 e. The number of carbonyl (C=O) groups is 2. The summed E-state index contributed by atoms with van der Waals surface area (Å²) in [5.41, 5.74) is 3.50. The van der Waals surface area contributed by atoms with Crippen molar-refractivity contribution in [3.05, 3.63) is 108 Å². The molecule has 1 saturated carbocycles. The number of carboxylic acid groups (broad SMARTS) is 1. The van der Waals surface area contributed by atoms with Crippen LogP contribution in [0, 0.1) is 5.92 Å². The van der Waals surface area contributed by atoms with Crippen molar-refractivity contribution in [1.29, 1.82) is 0 Å². The highest BCUT2D eigenvalue weighted by Gasteiger charge is 2.39. The normalized spacial score (nSPS) is 21.4. The number of rotatable bonds is 6. The Kier molecular flexibility index (Phi) is 10.5. The average molecular weight is 569 g/mol. The van der Waals surface area contributed by atoms with Crippen molar-refractivity contribution in [2.75, 3.05) is 26.3 Å². The maximum absolute atomic E-state index is 13.9. The molecule has 6 nitrogen and oxygen atoms in total. The van der Waals surface area contributed by atoms with Crippen molar-refractivity contribution in [1.82, 2.24) is 10.2 Å². The Bertz CT molecular complexity index is 1200. The first-order valence-corrected chi connectivity index (χ1v) is 13.8. The van der Waals surface area contributed by atoms with Crippen molar-refractivity contribution >= 4 is 11.9 Å². The van der Waals surface area contributed by atoms with Gasteiger partial charge in [0.2, 0.25) is 5.91 Å². The van der Waals surface area contributed by atoms with Gasteiger partial charge in [-0.3, -0.25) is 9.69 Å².